The van der Waals surface area contributed by atoms with Crippen molar-refractivity contribution in [3.05, 3.63) is 51.2 Å². The van der Waals surface area contributed by atoms with Gasteiger partial charge in [0.15, 0.2) is 4.98 Å². The Kier molecular flexibility index (Phi) is 3.00. The number of aromatic nitrogens is 1. The maximum absolute atomic E-state index is 12.0. The second kappa shape index (κ2) is 4.72. The zero-order valence-electron chi connectivity index (χ0n) is 11.5. The van der Waals surface area contributed by atoms with Gasteiger partial charge in [-0.1, -0.05) is 29.8 Å². The Hall–Kier alpha value is -2.65. The largest absolute Gasteiger partial charge is 0.500 e. The van der Waals surface area contributed by atoms with Gasteiger partial charge in [0.05, 0.1) is 5.52 Å². The molecule has 21 heavy (non-hydrogen) atoms. The summed E-state index contributed by atoms with van der Waals surface area (Å²) in [6.45, 7) is 2.01. The van der Waals surface area contributed by atoms with E-state index in [-0.39, 0.29) is 11.4 Å². The molecule has 1 N–H and O–H groups in total. The molecule has 6 heteroatoms. The molecule has 0 saturated carbocycles. The van der Waals surface area contributed by atoms with E-state index in [4.69, 9.17) is 5.39 Å². The maximum atomic E-state index is 12.0. The number of aromatic hydroxyl groups is 1. The van der Waals surface area contributed by atoms with E-state index in [2.05, 4.69) is 4.98 Å². The number of rotatable bonds is 1. The first kappa shape index (κ1) is 13.3. The smallest absolute Gasteiger partial charge is 0.491 e. The highest BCUT2D eigenvalue weighted by Crippen LogP contribution is 2.40. The Morgan fingerprint density at radius 1 is 1.29 bits per heavy atom. The van der Waals surface area contributed by atoms with E-state index in [9.17, 15) is 9.90 Å². The molecule has 0 aliphatic heterocycles. The summed E-state index contributed by atoms with van der Waals surface area (Å²) in [7, 11) is 1.59. The van der Waals surface area contributed by atoms with Gasteiger partial charge in [0.25, 0.3) is 0 Å². The third-order valence-electron chi connectivity index (χ3n) is 3.46. The number of nitrogens with zero attached hydrogens (tertiary/aromatic N) is 3. The van der Waals surface area contributed by atoms with E-state index in [0.717, 1.165) is 16.0 Å². The number of diazo groups is 1. The molecule has 104 valence electrons. The van der Waals surface area contributed by atoms with Crippen LogP contribution in [-0.4, -0.2) is 9.67 Å². The number of thiophene rings is 1. The van der Waals surface area contributed by atoms with Crippen LogP contribution >= 0.6 is 11.3 Å². The van der Waals surface area contributed by atoms with Gasteiger partial charge in [0.1, 0.15) is 4.70 Å². The molecule has 0 spiro atoms. The Bertz CT molecular complexity index is 946. The lowest BCUT2D eigenvalue weighted by Gasteiger charge is -1.97. The van der Waals surface area contributed by atoms with Crippen LogP contribution in [0, 0.1) is 12.3 Å². The molecular weight excluding hydrogens is 286 g/mol. The Balaban J connectivity index is 2.33. The van der Waals surface area contributed by atoms with Crippen molar-refractivity contribution < 1.29 is 5.11 Å². The first-order chi connectivity index (χ1) is 10.0. The molecule has 2 aromatic heterocycles. The third-order valence-corrected chi connectivity index (χ3v) is 4.64. The molecule has 5 nitrogen and oxygen atoms in total. The normalized spacial score (nSPS) is 10.7. The molecule has 3 aromatic rings. The molecular formula is C15H12N3O2S+. The van der Waals surface area contributed by atoms with Crippen LogP contribution in [0.5, 0.6) is 5.75 Å². The molecule has 0 fully saturated rings. The summed E-state index contributed by atoms with van der Waals surface area (Å²) in [5, 5.41) is 19.0. The van der Waals surface area contributed by atoms with Crippen LogP contribution in [0.4, 0.5) is 5.69 Å². The maximum Gasteiger partial charge on any atom is 0.491 e. The van der Waals surface area contributed by atoms with Crippen molar-refractivity contribution in [2.75, 3.05) is 0 Å². The van der Waals surface area contributed by atoms with Gasteiger partial charge in [0.2, 0.25) is 11.1 Å². The molecule has 0 atom stereocenters. The molecule has 0 bridgehead atoms. The first-order valence-corrected chi connectivity index (χ1v) is 7.12. The number of pyridine rings is 1. The molecule has 0 aliphatic carbocycles. The average Bonchev–Trinajstić information content (AvgIpc) is 2.92. The zero-order chi connectivity index (χ0) is 15.1. The minimum Gasteiger partial charge on any atom is -0.500 e. The highest BCUT2D eigenvalue weighted by molar-refractivity contribution is 7.22. The molecule has 0 radical (unpaired) electrons. The predicted octanol–water partition coefficient (Wildman–Crippen LogP) is 3.77. The summed E-state index contributed by atoms with van der Waals surface area (Å²) in [5.74, 6) is -0.279. The van der Waals surface area contributed by atoms with Crippen LogP contribution in [0.2, 0.25) is 0 Å². The third kappa shape index (κ3) is 1.99. The molecule has 0 amide bonds. The Labute approximate surface area is 124 Å². The molecule has 0 aliphatic rings. The van der Waals surface area contributed by atoms with E-state index in [1.54, 1.807) is 7.05 Å². The Morgan fingerprint density at radius 3 is 2.57 bits per heavy atom. The van der Waals surface area contributed by atoms with Crippen molar-refractivity contribution in [3.8, 4) is 16.2 Å². The van der Waals surface area contributed by atoms with Crippen LogP contribution in [0.1, 0.15) is 5.56 Å². The van der Waals surface area contributed by atoms with Crippen molar-refractivity contribution in [2.24, 2.45) is 7.05 Å². The standard InChI is InChI=1S/C15H11N3O2S/c1-8-3-5-9(6-4-8)11-7-10-14(21-11)13(19)12(17-16)15(20)18(10)2/h3-7H,1-2H3/p+1. The fraction of sp³-hybridized carbons (Fsp3) is 0.133. The monoisotopic (exact) mass is 298 g/mol. The number of aryl methyl sites for hydroxylation is 2. The Morgan fingerprint density at radius 2 is 1.95 bits per heavy atom. The lowest BCUT2D eigenvalue weighted by Crippen LogP contribution is -2.15. The van der Waals surface area contributed by atoms with Crippen molar-refractivity contribution >= 4 is 27.2 Å². The lowest BCUT2D eigenvalue weighted by molar-refractivity contribution is 0.483. The van der Waals surface area contributed by atoms with Gasteiger partial charge in [-0.05, 0) is 18.6 Å². The predicted molar refractivity (Wildman–Crippen MR) is 83.6 cm³/mol. The fourth-order valence-electron chi connectivity index (χ4n) is 2.23. The van der Waals surface area contributed by atoms with Crippen molar-refractivity contribution in [3.63, 3.8) is 0 Å². The first-order valence-electron chi connectivity index (χ1n) is 6.30. The van der Waals surface area contributed by atoms with Crippen LogP contribution in [0.25, 0.3) is 25.6 Å². The van der Waals surface area contributed by atoms with E-state index in [0.29, 0.717) is 10.2 Å². The van der Waals surface area contributed by atoms with Crippen molar-refractivity contribution in [2.45, 2.75) is 6.92 Å². The highest BCUT2D eigenvalue weighted by atomic mass is 32.1. The van der Waals surface area contributed by atoms with E-state index >= 15 is 0 Å². The summed E-state index contributed by atoms with van der Waals surface area (Å²) < 4.78 is 1.90. The topological polar surface area (TPSA) is 70.4 Å². The second-order valence-electron chi connectivity index (χ2n) is 4.85. The number of benzene rings is 1. The minimum absolute atomic E-state index is 0.279. The van der Waals surface area contributed by atoms with E-state index in [1.807, 2.05) is 37.3 Å². The highest BCUT2D eigenvalue weighted by Gasteiger charge is 2.26. The summed E-state index contributed by atoms with van der Waals surface area (Å²) in [4.78, 5) is 15.8. The van der Waals surface area contributed by atoms with Gasteiger partial charge in [-0.25, -0.2) is 0 Å². The van der Waals surface area contributed by atoms with Gasteiger partial charge < -0.3 is 9.67 Å². The van der Waals surface area contributed by atoms with Gasteiger partial charge in [-0.3, -0.25) is 4.79 Å². The van der Waals surface area contributed by atoms with E-state index in [1.165, 1.54) is 15.9 Å². The van der Waals surface area contributed by atoms with Crippen LogP contribution in [-0.2, 0) is 7.05 Å². The number of hydrogen-bond acceptors (Lipinski definition) is 4. The van der Waals surface area contributed by atoms with Crippen molar-refractivity contribution in [1.29, 1.82) is 5.39 Å². The summed E-state index contributed by atoms with van der Waals surface area (Å²) in [6, 6.07) is 9.85. The zero-order valence-corrected chi connectivity index (χ0v) is 12.3. The minimum atomic E-state index is -0.532. The van der Waals surface area contributed by atoms with Crippen molar-refractivity contribution in [1.82, 2.24) is 4.57 Å². The summed E-state index contributed by atoms with van der Waals surface area (Å²) in [6.07, 6.45) is 0. The van der Waals surface area contributed by atoms with Gasteiger partial charge in [-0.15, -0.1) is 11.3 Å². The second-order valence-corrected chi connectivity index (χ2v) is 5.90. The fourth-order valence-corrected chi connectivity index (χ4v) is 3.37. The molecule has 0 saturated heterocycles. The van der Waals surface area contributed by atoms with Crippen LogP contribution in [0.15, 0.2) is 35.1 Å². The number of hydrogen-bond donors (Lipinski definition) is 1. The van der Waals surface area contributed by atoms with Gasteiger partial charge >= 0.3 is 11.2 Å². The van der Waals surface area contributed by atoms with E-state index < -0.39 is 5.56 Å². The van der Waals surface area contributed by atoms with Gasteiger partial charge in [0, 0.05) is 11.9 Å². The number of fused-ring (bicyclic) bond motifs is 1. The van der Waals surface area contributed by atoms with Crippen LogP contribution < -0.4 is 5.56 Å². The molecule has 2 heterocycles. The summed E-state index contributed by atoms with van der Waals surface area (Å²) in [5.41, 5.74) is 1.93. The van der Waals surface area contributed by atoms with Gasteiger partial charge in [-0.2, -0.15) is 0 Å². The molecule has 3 rings (SSSR count). The summed E-state index contributed by atoms with van der Waals surface area (Å²) >= 11 is 1.35. The molecule has 1 aromatic carbocycles. The SMILES string of the molecule is Cc1ccc(-c2cc3c(s2)c(O)c([N+]#N)c(=O)n3C)cc1. The van der Waals surface area contributed by atoms with Crippen LogP contribution in [0.3, 0.4) is 0 Å². The quantitative estimate of drug-likeness (QED) is 0.695. The molecule has 0 unspecified atom stereocenters. The average molecular weight is 298 g/mol. The lowest BCUT2D eigenvalue weighted by atomic mass is 10.1.